The molecule has 0 saturated carbocycles. The number of benzene rings is 2. The molecule has 2 rings (SSSR count). The van der Waals surface area contributed by atoms with E-state index in [0.29, 0.717) is 24.6 Å². The Morgan fingerprint density at radius 2 is 1.77 bits per heavy atom. The summed E-state index contributed by atoms with van der Waals surface area (Å²) in [5, 5.41) is 2.92. The standard InChI is InChI=1S/C25H33FN2O3/c1-6-22(25(30)27-14-17(2)3)28(15-20-8-10-21(26)11-9-20)24(29)16-31-23-12-7-18(4)13-19(23)5/h7-13,17,22H,6,14-16H2,1-5H3,(H,27,30). The molecule has 2 amide bonds. The topological polar surface area (TPSA) is 58.6 Å². The first-order valence-corrected chi connectivity index (χ1v) is 10.7. The molecule has 0 bridgehead atoms. The van der Waals surface area contributed by atoms with Crippen molar-refractivity contribution < 1.29 is 18.7 Å². The van der Waals surface area contributed by atoms with Crippen molar-refractivity contribution in [3.05, 3.63) is 65.0 Å². The number of halogens is 1. The number of aryl methyl sites for hydroxylation is 2. The molecule has 0 aliphatic carbocycles. The normalized spacial score (nSPS) is 11.8. The summed E-state index contributed by atoms with van der Waals surface area (Å²) in [6, 6.07) is 11.1. The molecule has 1 atom stereocenters. The van der Waals surface area contributed by atoms with Crippen molar-refractivity contribution in [2.24, 2.45) is 5.92 Å². The van der Waals surface area contributed by atoms with Crippen LogP contribution in [0.1, 0.15) is 43.9 Å². The van der Waals surface area contributed by atoms with Crippen molar-refractivity contribution in [1.29, 1.82) is 0 Å². The second-order valence-corrected chi connectivity index (χ2v) is 8.27. The van der Waals surface area contributed by atoms with E-state index < -0.39 is 6.04 Å². The maximum atomic E-state index is 13.3. The van der Waals surface area contributed by atoms with Crippen LogP contribution in [-0.4, -0.2) is 35.9 Å². The third-order valence-electron chi connectivity index (χ3n) is 5.02. The lowest BCUT2D eigenvalue weighted by Gasteiger charge is -2.31. The van der Waals surface area contributed by atoms with Crippen molar-refractivity contribution in [3.63, 3.8) is 0 Å². The molecule has 31 heavy (non-hydrogen) atoms. The SMILES string of the molecule is CCC(C(=O)NCC(C)C)N(Cc1ccc(F)cc1)C(=O)COc1ccc(C)cc1C. The number of carbonyl (C=O) groups is 2. The Labute approximate surface area is 184 Å². The molecule has 0 aliphatic heterocycles. The van der Waals surface area contributed by atoms with Gasteiger partial charge in [0.05, 0.1) is 0 Å². The zero-order valence-corrected chi connectivity index (χ0v) is 19.1. The first-order chi connectivity index (χ1) is 14.7. The highest BCUT2D eigenvalue weighted by molar-refractivity contribution is 5.88. The summed E-state index contributed by atoms with van der Waals surface area (Å²) in [5.74, 6) is 0.101. The molecular weight excluding hydrogens is 395 g/mol. The highest BCUT2D eigenvalue weighted by Gasteiger charge is 2.29. The average molecular weight is 429 g/mol. The van der Waals surface area contributed by atoms with Crippen LogP contribution in [0.4, 0.5) is 4.39 Å². The minimum Gasteiger partial charge on any atom is -0.483 e. The molecule has 168 valence electrons. The number of carbonyl (C=O) groups excluding carboxylic acids is 2. The lowest BCUT2D eigenvalue weighted by molar-refractivity contribution is -0.143. The van der Waals surface area contributed by atoms with Crippen molar-refractivity contribution in [2.75, 3.05) is 13.2 Å². The van der Waals surface area contributed by atoms with Gasteiger partial charge in [-0.05, 0) is 55.5 Å². The number of hydrogen-bond acceptors (Lipinski definition) is 3. The summed E-state index contributed by atoms with van der Waals surface area (Å²) in [6.07, 6.45) is 0.459. The predicted octanol–water partition coefficient (Wildman–Crippen LogP) is 4.40. The summed E-state index contributed by atoms with van der Waals surface area (Å²) in [6.45, 7) is 10.4. The number of rotatable bonds is 10. The quantitative estimate of drug-likeness (QED) is 0.610. The minimum atomic E-state index is -0.640. The third kappa shape index (κ3) is 7.39. The second kappa shape index (κ2) is 11.5. The van der Waals surface area contributed by atoms with Gasteiger partial charge < -0.3 is 15.0 Å². The molecule has 2 aromatic carbocycles. The summed E-state index contributed by atoms with van der Waals surface area (Å²) >= 11 is 0. The number of amides is 2. The average Bonchev–Trinajstić information content (AvgIpc) is 2.72. The maximum absolute atomic E-state index is 13.3. The van der Waals surface area contributed by atoms with Gasteiger partial charge in [-0.2, -0.15) is 0 Å². The van der Waals surface area contributed by atoms with Gasteiger partial charge in [0.15, 0.2) is 6.61 Å². The van der Waals surface area contributed by atoms with E-state index in [-0.39, 0.29) is 30.8 Å². The summed E-state index contributed by atoms with van der Waals surface area (Å²) in [7, 11) is 0. The van der Waals surface area contributed by atoms with Gasteiger partial charge in [-0.1, -0.05) is 50.6 Å². The number of hydrogen-bond donors (Lipinski definition) is 1. The van der Waals surface area contributed by atoms with Crippen LogP contribution >= 0.6 is 0 Å². The summed E-state index contributed by atoms with van der Waals surface area (Å²) in [5.41, 5.74) is 2.80. The molecule has 0 aliphatic rings. The number of nitrogens with one attached hydrogen (secondary N) is 1. The fourth-order valence-electron chi connectivity index (χ4n) is 3.31. The maximum Gasteiger partial charge on any atom is 0.261 e. The molecule has 0 heterocycles. The molecule has 0 saturated heterocycles. The van der Waals surface area contributed by atoms with E-state index in [1.54, 1.807) is 12.1 Å². The zero-order valence-electron chi connectivity index (χ0n) is 19.1. The largest absolute Gasteiger partial charge is 0.483 e. The van der Waals surface area contributed by atoms with Gasteiger partial charge in [-0.25, -0.2) is 4.39 Å². The van der Waals surface area contributed by atoms with E-state index in [1.807, 2.05) is 52.8 Å². The molecule has 0 spiro atoms. The van der Waals surface area contributed by atoms with Crippen LogP contribution in [0.2, 0.25) is 0 Å². The van der Waals surface area contributed by atoms with E-state index in [2.05, 4.69) is 5.32 Å². The minimum absolute atomic E-state index is 0.181. The van der Waals surface area contributed by atoms with Gasteiger partial charge in [0.1, 0.15) is 17.6 Å². The monoisotopic (exact) mass is 428 g/mol. The number of ether oxygens (including phenoxy) is 1. The lowest BCUT2D eigenvalue weighted by Crippen LogP contribution is -2.50. The molecule has 5 nitrogen and oxygen atoms in total. The van der Waals surface area contributed by atoms with Gasteiger partial charge in [-0.3, -0.25) is 9.59 Å². The van der Waals surface area contributed by atoms with Crippen LogP contribution in [-0.2, 0) is 16.1 Å². The van der Waals surface area contributed by atoms with Gasteiger partial charge in [0, 0.05) is 13.1 Å². The van der Waals surface area contributed by atoms with Gasteiger partial charge in [0.2, 0.25) is 5.91 Å². The molecule has 0 fully saturated rings. The molecule has 0 radical (unpaired) electrons. The van der Waals surface area contributed by atoms with Crippen molar-refractivity contribution >= 4 is 11.8 Å². The molecule has 1 unspecified atom stereocenters. The predicted molar refractivity (Wildman–Crippen MR) is 120 cm³/mol. The van der Waals surface area contributed by atoms with E-state index >= 15 is 0 Å². The van der Waals surface area contributed by atoms with Crippen molar-refractivity contribution in [1.82, 2.24) is 10.2 Å². The Hall–Kier alpha value is -2.89. The molecular formula is C25H33FN2O3. The van der Waals surface area contributed by atoms with Crippen molar-refractivity contribution in [3.8, 4) is 5.75 Å². The highest BCUT2D eigenvalue weighted by atomic mass is 19.1. The first kappa shape index (κ1) is 24.4. The Morgan fingerprint density at radius 1 is 1.10 bits per heavy atom. The Bertz CT molecular complexity index is 881. The Balaban J connectivity index is 2.20. The van der Waals surface area contributed by atoms with Crippen LogP contribution in [0, 0.1) is 25.6 Å². The van der Waals surface area contributed by atoms with Crippen LogP contribution < -0.4 is 10.1 Å². The first-order valence-electron chi connectivity index (χ1n) is 10.7. The van der Waals surface area contributed by atoms with Crippen LogP contribution in [0.25, 0.3) is 0 Å². The summed E-state index contributed by atoms with van der Waals surface area (Å²) in [4.78, 5) is 27.5. The van der Waals surface area contributed by atoms with E-state index in [0.717, 1.165) is 16.7 Å². The second-order valence-electron chi connectivity index (χ2n) is 8.27. The van der Waals surface area contributed by atoms with Crippen LogP contribution in [0.5, 0.6) is 5.75 Å². The smallest absolute Gasteiger partial charge is 0.261 e. The van der Waals surface area contributed by atoms with E-state index in [9.17, 15) is 14.0 Å². The Morgan fingerprint density at radius 3 is 2.35 bits per heavy atom. The highest BCUT2D eigenvalue weighted by Crippen LogP contribution is 2.20. The molecule has 1 N–H and O–H groups in total. The Kier molecular flexibility index (Phi) is 9.03. The number of nitrogens with zero attached hydrogens (tertiary/aromatic N) is 1. The van der Waals surface area contributed by atoms with Gasteiger partial charge in [-0.15, -0.1) is 0 Å². The van der Waals surface area contributed by atoms with E-state index in [1.165, 1.54) is 17.0 Å². The van der Waals surface area contributed by atoms with Crippen LogP contribution in [0.15, 0.2) is 42.5 Å². The lowest BCUT2D eigenvalue weighted by atomic mass is 10.1. The molecule has 6 heteroatoms. The molecule has 0 aromatic heterocycles. The molecule has 2 aromatic rings. The third-order valence-corrected chi connectivity index (χ3v) is 5.02. The van der Waals surface area contributed by atoms with Gasteiger partial charge in [0.25, 0.3) is 5.91 Å². The fraction of sp³-hybridized carbons (Fsp3) is 0.440. The summed E-state index contributed by atoms with van der Waals surface area (Å²) < 4.78 is 19.1. The van der Waals surface area contributed by atoms with Gasteiger partial charge >= 0.3 is 0 Å². The zero-order chi connectivity index (χ0) is 23.0. The van der Waals surface area contributed by atoms with Crippen molar-refractivity contribution in [2.45, 2.75) is 53.6 Å². The fourth-order valence-corrected chi connectivity index (χ4v) is 3.31. The van der Waals surface area contributed by atoms with Crippen LogP contribution in [0.3, 0.4) is 0 Å². The van der Waals surface area contributed by atoms with E-state index in [4.69, 9.17) is 4.74 Å².